The van der Waals surface area contributed by atoms with Crippen LogP contribution >= 0.6 is 24.0 Å². The minimum atomic E-state index is 0. The predicted octanol–water partition coefficient (Wildman–Crippen LogP) is 2.58. The summed E-state index contributed by atoms with van der Waals surface area (Å²) in [6.07, 6.45) is 5.02. The zero-order valence-electron chi connectivity index (χ0n) is 16.5. The molecule has 1 aromatic carbocycles. The molecule has 0 amide bonds. The summed E-state index contributed by atoms with van der Waals surface area (Å²) < 4.78 is 13.2. The molecule has 0 saturated heterocycles. The van der Waals surface area contributed by atoms with Gasteiger partial charge in [0.1, 0.15) is 17.6 Å². The van der Waals surface area contributed by atoms with Crippen LogP contribution < -0.4 is 14.8 Å². The van der Waals surface area contributed by atoms with Gasteiger partial charge in [0, 0.05) is 63.5 Å². The number of aliphatic imine (C=N–C) groups is 1. The van der Waals surface area contributed by atoms with E-state index in [0.717, 1.165) is 41.6 Å². The van der Waals surface area contributed by atoms with Crippen molar-refractivity contribution in [1.29, 1.82) is 0 Å². The summed E-state index contributed by atoms with van der Waals surface area (Å²) in [7, 11) is 7.41. The third-order valence-corrected chi connectivity index (χ3v) is 4.49. The first-order valence-corrected chi connectivity index (χ1v) is 8.76. The Bertz CT molecular complexity index is 805. The second-order valence-corrected chi connectivity index (χ2v) is 6.68. The summed E-state index contributed by atoms with van der Waals surface area (Å²) in [4.78, 5) is 6.44. The predicted molar refractivity (Wildman–Crippen MR) is 117 cm³/mol. The van der Waals surface area contributed by atoms with Crippen molar-refractivity contribution in [3.63, 3.8) is 0 Å². The molecule has 0 fully saturated rings. The lowest BCUT2D eigenvalue weighted by Gasteiger charge is -2.22. The molecule has 0 spiro atoms. The SMILES string of the molecule is CN=C(NCc1cc2c(cc1OC)CC(C)O2)N(C)Cc1cnn(C)c1.I. The van der Waals surface area contributed by atoms with Gasteiger partial charge in [-0.05, 0) is 19.1 Å². The Hall–Kier alpha value is -1.97. The molecule has 1 unspecified atom stereocenters. The monoisotopic (exact) mass is 485 g/mol. The summed E-state index contributed by atoms with van der Waals surface area (Å²) in [5.74, 6) is 2.64. The van der Waals surface area contributed by atoms with E-state index in [1.165, 1.54) is 5.56 Å². The highest BCUT2D eigenvalue weighted by molar-refractivity contribution is 14.0. The zero-order valence-corrected chi connectivity index (χ0v) is 18.9. The van der Waals surface area contributed by atoms with Gasteiger partial charge in [0.25, 0.3) is 0 Å². The van der Waals surface area contributed by atoms with Crippen molar-refractivity contribution >= 4 is 29.9 Å². The average molecular weight is 485 g/mol. The van der Waals surface area contributed by atoms with Crippen LogP contribution in [0.1, 0.15) is 23.6 Å². The van der Waals surface area contributed by atoms with Gasteiger partial charge >= 0.3 is 0 Å². The Balaban J connectivity index is 0.00000261. The Kier molecular flexibility index (Phi) is 7.34. The van der Waals surface area contributed by atoms with Gasteiger partial charge in [-0.1, -0.05) is 0 Å². The van der Waals surface area contributed by atoms with Gasteiger partial charge in [-0.3, -0.25) is 9.67 Å². The number of guanidine groups is 1. The molecule has 7 nitrogen and oxygen atoms in total. The maximum absolute atomic E-state index is 5.88. The number of aromatic nitrogens is 2. The van der Waals surface area contributed by atoms with Gasteiger partial charge in [-0.2, -0.15) is 5.10 Å². The molecule has 1 aromatic heterocycles. The van der Waals surface area contributed by atoms with Gasteiger partial charge in [-0.15, -0.1) is 24.0 Å². The Labute approximate surface area is 177 Å². The van der Waals surface area contributed by atoms with Crippen LogP contribution in [0.15, 0.2) is 29.5 Å². The fourth-order valence-corrected chi connectivity index (χ4v) is 3.27. The molecule has 1 aliphatic rings. The number of nitrogens with zero attached hydrogens (tertiary/aromatic N) is 4. The van der Waals surface area contributed by atoms with Crippen molar-refractivity contribution in [1.82, 2.24) is 20.0 Å². The third-order valence-electron chi connectivity index (χ3n) is 4.49. The number of hydrogen-bond acceptors (Lipinski definition) is 4. The Morgan fingerprint density at radius 2 is 2.26 bits per heavy atom. The quantitative estimate of drug-likeness (QED) is 0.401. The molecule has 1 atom stereocenters. The molecule has 0 bridgehead atoms. The number of benzene rings is 1. The molecule has 2 aromatic rings. The molecule has 3 rings (SSSR count). The molecule has 1 aliphatic heterocycles. The summed E-state index contributed by atoms with van der Waals surface area (Å²) in [5, 5.41) is 7.61. The van der Waals surface area contributed by atoms with Crippen LogP contribution in [0.25, 0.3) is 0 Å². The van der Waals surface area contributed by atoms with E-state index in [1.807, 2.05) is 26.5 Å². The Morgan fingerprint density at radius 1 is 1.48 bits per heavy atom. The highest BCUT2D eigenvalue weighted by atomic mass is 127. The van der Waals surface area contributed by atoms with Gasteiger partial charge in [-0.25, -0.2) is 0 Å². The van der Waals surface area contributed by atoms with Crippen molar-refractivity contribution in [2.45, 2.75) is 32.5 Å². The number of methoxy groups -OCH3 is 1. The van der Waals surface area contributed by atoms with E-state index < -0.39 is 0 Å². The van der Waals surface area contributed by atoms with E-state index in [2.05, 4.69) is 39.4 Å². The molecule has 0 radical (unpaired) electrons. The number of rotatable bonds is 5. The molecule has 0 saturated carbocycles. The van der Waals surface area contributed by atoms with Crippen LogP contribution in [0.4, 0.5) is 0 Å². The first kappa shape index (κ1) is 21.3. The second-order valence-electron chi connectivity index (χ2n) is 6.68. The fourth-order valence-electron chi connectivity index (χ4n) is 3.27. The first-order chi connectivity index (χ1) is 12.5. The summed E-state index contributed by atoms with van der Waals surface area (Å²) >= 11 is 0. The number of hydrogen-bond donors (Lipinski definition) is 1. The van der Waals surface area contributed by atoms with E-state index in [-0.39, 0.29) is 30.1 Å². The summed E-state index contributed by atoms with van der Waals surface area (Å²) in [6, 6.07) is 4.15. The van der Waals surface area contributed by atoms with E-state index in [0.29, 0.717) is 6.54 Å². The number of fused-ring (bicyclic) bond motifs is 1. The van der Waals surface area contributed by atoms with E-state index in [9.17, 15) is 0 Å². The normalized spacial score (nSPS) is 15.6. The minimum absolute atomic E-state index is 0. The van der Waals surface area contributed by atoms with Crippen molar-refractivity contribution in [2.24, 2.45) is 12.0 Å². The topological polar surface area (TPSA) is 63.9 Å². The van der Waals surface area contributed by atoms with Crippen molar-refractivity contribution in [3.8, 4) is 11.5 Å². The highest BCUT2D eigenvalue weighted by Gasteiger charge is 2.22. The van der Waals surface area contributed by atoms with Gasteiger partial charge in [0.2, 0.25) is 0 Å². The average Bonchev–Trinajstić information content (AvgIpc) is 3.18. The molecule has 2 heterocycles. The van der Waals surface area contributed by atoms with Gasteiger partial charge < -0.3 is 19.7 Å². The van der Waals surface area contributed by atoms with E-state index >= 15 is 0 Å². The highest BCUT2D eigenvalue weighted by Crippen LogP contribution is 2.34. The molecule has 27 heavy (non-hydrogen) atoms. The van der Waals surface area contributed by atoms with Crippen LogP contribution in [0.2, 0.25) is 0 Å². The number of aryl methyl sites for hydroxylation is 1. The molecule has 0 aliphatic carbocycles. The number of halogens is 1. The second kappa shape index (κ2) is 9.29. The maximum atomic E-state index is 5.88. The number of nitrogens with one attached hydrogen (secondary N) is 1. The lowest BCUT2D eigenvalue weighted by atomic mass is 10.1. The van der Waals surface area contributed by atoms with Crippen LogP contribution in [0.5, 0.6) is 11.5 Å². The zero-order chi connectivity index (χ0) is 18.7. The van der Waals surface area contributed by atoms with Gasteiger partial charge in [0.05, 0.1) is 13.3 Å². The molecule has 1 N–H and O–H groups in total. The molecular weight excluding hydrogens is 457 g/mol. The van der Waals surface area contributed by atoms with E-state index in [1.54, 1.807) is 18.8 Å². The van der Waals surface area contributed by atoms with Crippen LogP contribution in [-0.4, -0.2) is 47.9 Å². The Morgan fingerprint density at radius 3 is 2.89 bits per heavy atom. The summed E-state index contributed by atoms with van der Waals surface area (Å²) in [6.45, 7) is 3.42. The van der Waals surface area contributed by atoms with Crippen LogP contribution in [-0.2, 0) is 26.6 Å². The standard InChI is InChI=1S/C19H27N5O2.HI/c1-13-6-15-7-17(25-5)16(8-18(15)26-13)10-21-19(20-2)23(3)11-14-9-22-24(4)12-14;/h7-9,12-13H,6,10-11H2,1-5H3,(H,20,21);1H. The molecular formula is C19H28IN5O2. The summed E-state index contributed by atoms with van der Waals surface area (Å²) in [5.41, 5.74) is 3.39. The first-order valence-electron chi connectivity index (χ1n) is 8.76. The van der Waals surface area contributed by atoms with Crippen molar-refractivity contribution in [2.75, 3.05) is 21.2 Å². The smallest absolute Gasteiger partial charge is 0.193 e. The van der Waals surface area contributed by atoms with Crippen molar-refractivity contribution < 1.29 is 9.47 Å². The minimum Gasteiger partial charge on any atom is -0.496 e. The molecule has 148 valence electrons. The van der Waals surface area contributed by atoms with Gasteiger partial charge in [0.15, 0.2) is 5.96 Å². The maximum Gasteiger partial charge on any atom is 0.193 e. The van der Waals surface area contributed by atoms with Crippen molar-refractivity contribution in [3.05, 3.63) is 41.2 Å². The molecule has 8 heteroatoms. The van der Waals surface area contributed by atoms with Crippen LogP contribution in [0, 0.1) is 0 Å². The number of ether oxygens (including phenoxy) is 2. The fraction of sp³-hybridized carbons (Fsp3) is 0.474. The lowest BCUT2D eigenvalue weighted by Crippen LogP contribution is -2.38. The largest absolute Gasteiger partial charge is 0.496 e. The van der Waals surface area contributed by atoms with Crippen LogP contribution in [0.3, 0.4) is 0 Å². The third kappa shape index (κ3) is 5.06. The van der Waals surface area contributed by atoms with E-state index in [4.69, 9.17) is 9.47 Å². The lowest BCUT2D eigenvalue weighted by molar-refractivity contribution is 0.254.